The Bertz CT molecular complexity index is 348. The third kappa shape index (κ3) is 2.37. The molecule has 0 spiro atoms. The van der Waals surface area contributed by atoms with Gasteiger partial charge >= 0.3 is 0 Å². The molecule has 4 heteroatoms. The van der Waals surface area contributed by atoms with E-state index in [0.717, 1.165) is 36.7 Å². The Labute approximate surface area is 97.6 Å². The lowest BCUT2D eigenvalue weighted by molar-refractivity contribution is -0.111. The van der Waals surface area contributed by atoms with Gasteiger partial charge in [0.2, 0.25) is 0 Å². The van der Waals surface area contributed by atoms with Crippen molar-refractivity contribution in [2.24, 2.45) is 5.92 Å². The van der Waals surface area contributed by atoms with Crippen LogP contribution in [0.5, 0.6) is 0 Å². The minimum Gasteiger partial charge on any atom is -0.370 e. The van der Waals surface area contributed by atoms with E-state index in [0.29, 0.717) is 0 Å². The second kappa shape index (κ2) is 4.75. The molecule has 1 aliphatic heterocycles. The standard InChI is InChI=1S/C11H13BrN2O/c12-10-7-13-4-1-11(10)14-5-2-9(8-15)3-6-14/h1,4,7-9H,2-3,5-6H2. The zero-order valence-electron chi connectivity index (χ0n) is 8.40. The smallest absolute Gasteiger partial charge is 0.123 e. The summed E-state index contributed by atoms with van der Waals surface area (Å²) in [5, 5.41) is 0. The number of anilines is 1. The molecule has 3 nitrogen and oxygen atoms in total. The maximum absolute atomic E-state index is 10.6. The van der Waals surface area contributed by atoms with Gasteiger partial charge < -0.3 is 9.69 Å². The summed E-state index contributed by atoms with van der Waals surface area (Å²) in [5.41, 5.74) is 1.18. The van der Waals surface area contributed by atoms with Crippen LogP contribution in [0.15, 0.2) is 22.9 Å². The molecule has 2 heterocycles. The summed E-state index contributed by atoms with van der Waals surface area (Å²) < 4.78 is 1.02. The molecular weight excluding hydrogens is 256 g/mol. The molecule has 1 aromatic rings. The fourth-order valence-electron chi connectivity index (χ4n) is 1.90. The van der Waals surface area contributed by atoms with Crippen LogP contribution in [0.25, 0.3) is 0 Å². The third-order valence-electron chi connectivity index (χ3n) is 2.82. The van der Waals surface area contributed by atoms with Gasteiger partial charge in [-0.15, -0.1) is 0 Å². The second-order valence-electron chi connectivity index (χ2n) is 3.79. The number of rotatable bonds is 2. The summed E-state index contributed by atoms with van der Waals surface area (Å²) in [4.78, 5) is 17.0. The van der Waals surface area contributed by atoms with Crippen molar-refractivity contribution in [1.29, 1.82) is 0 Å². The Balaban J connectivity index is 2.07. The molecule has 1 saturated heterocycles. The van der Waals surface area contributed by atoms with E-state index in [1.165, 1.54) is 5.69 Å². The Morgan fingerprint density at radius 3 is 2.80 bits per heavy atom. The molecule has 0 aromatic carbocycles. The highest BCUT2D eigenvalue weighted by Gasteiger charge is 2.19. The van der Waals surface area contributed by atoms with E-state index in [9.17, 15) is 4.79 Å². The normalized spacial score (nSPS) is 17.8. The lowest BCUT2D eigenvalue weighted by atomic mass is 9.98. The summed E-state index contributed by atoms with van der Waals surface area (Å²) >= 11 is 3.49. The fraction of sp³-hybridized carbons (Fsp3) is 0.455. The highest BCUT2D eigenvalue weighted by Crippen LogP contribution is 2.28. The Morgan fingerprint density at radius 1 is 1.47 bits per heavy atom. The van der Waals surface area contributed by atoms with Crippen molar-refractivity contribution in [3.8, 4) is 0 Å². The third-order valence-corrected chi connectivity index (χ3v) is 3.43. The number of aldehydes is 1. The molecule has 80 valence electrons. The molecule has 0 aliphatic carbocycles. The van der Waals surface area contributed by atoms with E-state index in [1.807, 2.05) is 6.07 Å². The van der Waals surface area contributed by atoms with Crippen molar-refractivity contribution in [3.63, 3.8) is 0 Å². The predicted octanol–water partition coefficient (Wildman–Crippen LogP) is 2.26. The van der Waals surface area contributed by atoms with Gasteiger partial charge in [-0.1, -0.05) is 0 Å². The Kier molecular flexibility index (Phi) is 3.36. The number of hydrogen-bond acceptors (Lipinski definition) is 3. The van der Waals surface area contributed by atoms with Crippen molar-refractivity contribution >= 4 is 27.9 Å². The molecule has 1 aliphatic rings. The Morgan fingerprint density at radius 2 is 2.20 bits per heavy atom. The van der Waals surface area contributed by atoms with Crippen LogP contribution >= 0.6 is 15.9 Å². The SMILES string of the molecule is O=CC1CCN(c2ccncc2Br)CC1. The van der Waals surface area contributed by atoms with Crippen LogP contribution in [0, 0.1) is 5.92 Å². The van der Waals surface area contributed by atoms with Gasteiger partial charge in [0.15, 0.2) is 0 Å². The largest absolute Gasteiger partial charge is 0.370 e. The predicted molar refractivity (Wildman–Crippen MR) is 62.9 cm³/mol. The van der Waals surface area contributed by atoms with Gasteiger partial charge in [-0.05, 0) is 34.8 Å². The fourth-order valence-corrected chi connectivity index (χ4v) is 2.40. The highest BCUT2D eigenvalue weighted by atomic mass is 79.9. The minimum atomic E-state index is 0.252. The van der Waals surface area contributed by atoms with Gasteiger partial charge in [-0.25, -0.2) is 0 Å². The summed E-state index contributed by atoms with van der Waals surface area (Å²) in [6.07, 6.45) is 6.60. The molecule has 1 fully saturated rings. The van der Waals surface area contributed by atoms with E-state index in [1.54, 1.807) is 12.4 Å². The number of pyridine rings is 1. The van der Waals surface area contributed by atoms with Crippen LogP contribution < -0.4 is 4.90 Å². The average Bonchev–Trinajstić information content (AvgIpc) is 2.30. The molecule has 2 rings (SSSR count). The first-order valence-electron chi connectivity index (χ1n) is 5.11. The lowest BCUT2D eigenvalue weighted by Crippen LogP contribution is -2.34. The monoisotopic (exact) mass is 268 g/mol. The van der Waals surface area contributed by atoms with Gasteiger partial charge in [0, 0.05) is 31.4 Å². The summed E-state index contributed by atoms with van der Waals surface area (Å²) in [7, 11) is 0. The molecule has 1 aromatic heterocycles. The minimum absolute atomic E-state index is 0.252. The van der Waals surface area contributed by atoms with Crippen LogP contribution in [-0.4, -0.2) is 24.4 Å². The first kappa shape index (κ1) is 10.6. The van der Waals surface area contributed by atoms with Crippen LogP contribution in [0.4, 0.5) is 5.69 Å². The number of carbonyl (C=O) groups excluding carboxylic acids is 1. The zero-order chi connectivity index (χ0) is 10.7. The quantitative estimate of drug-likeness (QED) is 0.772. The summed E-state index contributed by atoms with van der Waals surface area (Å²) in [6, 6.07) is 2.01. The Hall–Kier alpha value is -0.900. The van der Waals surface area contributed by atoms with E-state index >= 15 is 0 Å². The average molecular weight is 269 g/mol. The van der Waals surface area contributed by atoms with Crippen LogP contribution in [0.2, 0.25) is 0 Å². The molecule has 0 amide bonds. The molecule has 0 unspecified atom stereocenters. The van der Waals surface area contributed by atoms with Gasteiger partial charge in [-0.2, -0.15) is 0 Å². The lowest BCUT2D eigenvalue weighted by Gasteiger charge is -2.32. The molecule has 0 N–H and O–H groups in total. The number of hydrogen-bond donors (Lipinski definition) is 0. The van der Waals surface area contributed by atoms with Crippen molar-refractivity contribution < 1.29 is 4.79 Å². The maximum atomic E-state index is 10.6. The van der Waals surface area contributed by atoms with E-state index in [-0.39, 0.29) is 5.92 Å². The topological polar surface area (TPSA) is 33.2 Å². The first-order valence-corrected chi connectivity index (χ1v) is 5.90. The van der Waals surface area contributed by atoms with Crippen LogP contribution in [0.3, 0.4) is 0 Å². The molecule has 0 saturated carbocycles. The van der Waals surface area contributed by atoms with Gasteiger partial charge in [0.05, 0.1) is 10.2 Å². The number of aromatic nitrogens is 1. The zero-order valence-corrected chi connectivity index (χ0v) is 9.98. The summed E-state index contributed by atoms with van der Waals surface area (Å²) in [6.45, 7) is 1.90. The van der Waals surface area contributed by atoms with Gasteiger partial charge in [-0.3, -0.25) is 4.98 Å². The first-order chi connectivity index (χ1) is 7.31. The van der Waals surface area contributed by atoms with E-state index in [2.05, 4.69) is 25.8 Å². The molecule has 15 heavy (non-hydrogen) atoms. The number of nitrogens with zero attached hydrogens (tertiary/aromatic N) is 2. The van der Waals surface area contributed by atoms with Crippen LogP contribution in [0.1, 0.15) is 12.8 Å². The summed E-state index contributed by atoms with van der Waals surface area (Å²) in [5.74, 6) is 0.252. The van der Waals surface area contributed by atoms with Crippen molar-refractivity contribution in [1.82, 2.24) is 4.98 Å². The second-order valence-corrected chi connectivity index (χ2v) is 4.64. The van der Waals surface area contributed by atoms with Crippen molar-refractivity contribution in [3.05, 3.63) is 22.9 Å². The van der Waals surface area contributed by atoms with Gasteiger partial charge in [0.1, 0.15) is 6.29 Å². The van der Waals surface area contributed by atoms with E-state index in [4.69, 9.17) is 0 Å². The molecule has 0 atom stereocenters. The van der Waals surface area contributed by atoms with Crippen molar-refractivity contribution in [2.45, 2.75) is 12.8 Å². The molecule has 0 bridgehead atoms. The molecular formula is C11H13BrN2O. The van der Waals surface area contributed by atoms with Gasteiger partial charge in [0.25, 0.3) is 0 Å². The maximum Gasteiger partial charge on any atom is 0.123 e. The van der Waals surface area contributed by atoms with Crippen molar-refractivity contribution in [2.75, 3.05) is 18.0 Å². The molecule has 0 radical (unpaired) electrons. The number of halogens is 1. The van der Waals surface area contributed by atoms with E-state index < -0.39 is 0 Å². The number of carbonyl (C=O) groups is 1. The highest BCUT2D eigenvalue weighted by molar-refractivity contribution is 9.10. The van der Waals surface area contributed by atoms with Crippen LogP contribution in [-0.2, 0) is 4.79 Å². The number of piperidine rings is 1.